The second kappa shape index (κ2) is 5.35. The van der Waals surface area contributed by atoms with E-state index in [2.05, 4.69) is 32.9 Å². The molecule has 0 bridgehead atoms. The maximum absolute atomic E-state index is 5.97. The summed E-state index contributed by atoms with van der Waals surface area (Å²) in [6, 6.07) is 6.32. The van der Waals surface area contributed by atoms with Gasteiger partial charge in [0.2, 0.25) is 0 Å². The first-order valence-electron chi connectivity index (χ1n) is 5.85. The molecule has 0 radical (unpaired) electrons. The maximum atomic E-state index is 5.97. The first-order valence-corrected chi connectivity index (χ1v) is 5.85. The van der Waals surface area contributed by atoms with E-state index in [0.717, 1.165) is 25.0 Å². The molecule has 0 fully saturated rings. The van der Waals surface area contributed by atoms with Gasteiger partial charge in [0, 0.05) is 5.54 Å². The molecule has 2 nitrogen and oxygen atoms in total. The van der Waals surface area contributed by atoms with Crippen LogP contribution in [0.3, 0.4) is 0 Å². The van der Waals surface area contributed by atoms with Crippen molar-refractivity contribution in [2.24, 2.45) is 5.73 Å². The van der Waals surface area contributed by atoms with E-state index in [0.29, 0.717) is 0 Å². The molecule has 1 rings (SSSR count). The number of benzene rings is 1. The summed E-state index contributed by atoms with van der Waals surface area (Å²) in [6.45, 7) is 6.25. The first-order chi connectivity index (χ1) is 7.42. The van der Waals surface area contributed by atoms with Crippen molar-refractivity contribution in [3.8, 4) is 5.75 Å². The summed E-state index contributed by atoms with van der Waals surface area (Å²) in [7, 11) is 1.72. The van der Waals surface area contributed by atoms with Crippen molar-refractivity contribution in [1.82, 2.24) is 0 Å². The van der Waals surface area contributed by atoms with Crippen LogP contribution in [-0.4, -0.2) is 12.6 Å². The van der Waals surface area contributed by atoms with E-state index in [-0.39, 0.29) is 5.54 Å². The number of methoxy groups -OCH3 is 1. The second-order valence-corrected chi connectivity index (χ2v) is 5.16. The van der Waals surface area contributed by atoms with Gasteiger partial charge in [-0.15, -0.1) is 0 Å². The SMILES string of the molecule is COc1ccc(C)cc1CCCC(C)(C)N. The fourth-order valence-electron chi connectivity index (χ4n) is 1.84. The molecule has 16 heavy (non-hydrogen) atoms. The number of nitrogens with two attached hydrogens (primary N) is 1. The van der Waals surface area contributed by atoms with Gasteiger partial charge in [0.25, 0.3) is 0 Å². The summed E-state index contributed by atoms with van der Waals surface area (Å²) in [5.41, 5.74) is 8.46. The van der Waals surface area contributed by atoms with Crippen molar-refractivity contribution in [3.05, 3.63) is 29.3 Å². The Labute approximate surface area is 98.8 Å². The molecule has 0 unspecified atom stereocenters. The maximum Gasteiger partial charge on any atom is 0.122 e. The van der Waals surface area contributed by atoms with E-state index in [1.54, 1.807) is 7.11 Å². The van der Waals surface area contributed by atoms with Crippen molar-refractivity contribution in [1.29, 1.82) is 0 Å². The molecule has 0 spiro atoms. The number of ether oxygens (including phenoxy) is 1. The van der Waals surface area contributed by atoms with Crippen LogP contribution in [0.4, 0.5) is 0 Å². The summed E-state index contributed by atoms with van der Waals surface area (Å²) >= 11 is 0. The number of aryl methyl sites for hydroxylation is 2. The number of hydrogen-bond donors (Lipinski definition) is 1. The lowest BCUT2D eigenvalue weighted by Gasteiger charge is -2.18. The lowest BCUT2D eigenvalue weighted by Crippen LogP contribution is -2.31. The van der Waals surface area contributed by atoms with Gasteiger partial charge in [-0.2, -0.15) is 0 Å². The highest BCUT2D eigenvalue weighted by Gasteiger charge is 2.11. The molecule has 2 N–H and O–H groups in total. The third kappa shape index (κ3) is 4.23. The Morgan fingerprint density at radius 2 is 2.00 bits per heavy atom. The van der Waals surface area contributed by atoms with Crippen LogP contribution in [0.15, 0.2) is 18.2 Å². The Bertz CT molecular complexity index is 339. The highest BCUT2D eigenvalue weighted by Crippen LogP contribution is 2.22. The molecule has 0 heterocycles. The summed E-state index contributed by atoms with van der Waals surface area (Å²) in [6.07, 6.45) is 3.17. The first kappa shape index (κ1) is 13.0. The van der Waals surface area contributed by atoms with Crippen LogP contribution in [0.1, 0.15) is 37.8 Å². The standard InChI is InChI=1S/C14H23NO/c1-11-7-8-13(16-4)12(10-11)6-5-9-14(2,3)15/h7-8,10H,5-6,9,15H2,1-4H3. The fraction of sp³-hybridized carbons (Fsp3) is 0.571. The number of hydrogen-bond acceptors (Lipinski definition) is 2. The van der Waals surface area contributed by atoms with Crippen LogP contribution in [0.25, 0.3) is 0 Å². The van der Waals surface area contributed by atoms with E-state index in [1.807, 2.05) is 6.07 Å². The minimum absolute atomic E-state index is 0.0724. The van der Waals surface area contributed by atoms with Gasteiger partial charge < -0.3 is 10.5 Å². The van der Waals surface area contributed by atoms with Gasteiger partial charge in [0.15, 0.2) is 0 Å². The van der Waals surface area contributed by atoms with Gasteiger partial charge in [0.05, 0.1) is 7.11 Å². The highest BCUT2D eigenvalue weighted by atomic mass is 16.5. The van der Waals surface area contributed by atoms with Crippen LogP contribution >= 0.6 is 0 Å². The molecule has 0 aromatic heterocycles. The molecule has 0 saturated heterocycles. The highest BCUT2D eigenvalue weighted by molar-refractivity contribution is 5.36. The van der Waals surface area contributed by atoms with Crippen molar-refractivity contribution in [3.63, 3.8) is 0 Å². The predicted molar refractivity (Wildman–Crippen MR) is 68.9 cm³/mol. The molecular formula is C14H23NO. The van der Waals surface area contributed by atoms with E-state index in [1.165, 1.54) is 11.1 Å². The van der Waals surface area contributed by atoms with Crippen LogP contribution < -0.4 is 10.5 Å². The molecular weight excluding hydrogens is 198 g/mol. The van der Waals surface area contributed by atoms with Gasteiger partial charge >= 0.3 is 0 Å². The second-order valence-electron chi connectivity index (χ2n) is 5.16. The predicted octanol–water partition coefficient (Wildman–Crippen LogP) is 3.06. The van der Waals surface area contributed by atoms with Crippen molar-refractivity contribution < 1.29 is 4.74 Å². The molecule has 0 aliphatic rings. The zero-order valence-electron chi connectivity index (χ0n) is 10.8. The Hall–Kier alpha value is -1.02. The molecule has 1 aromatic carbocycles. The Balaban J connectivity index is 2.62. The summed E-state index contributed by atoms with van der Waals surface area (Å²) < 4.78 is 5.35. The lowest BCUT2D eigenvalue weighted by atomic mass is 9.96. The molecule has 0 amide bonds. The Morgan fingerprint density at radius 3 is 2.56 bits per heavy atom. The molecule has 2 heteroatoms. The van der Waals surface area contributed by atoms with E-state index >= 15 is 0 Å². The minimum Gasteiger partial charge on any atom is -0.496 e. The third-order valence-electron chi connectivity index (χ3n) is 2.70. The van der Waals surface area contributed by atoms with E-state index in [9.17, 15) is 0 Å². The summed E-state index contributed by atoms with van der Waals surface area (Å²) in [5, 5.41) is 0. The van der Waals surface area contributed by atoms with Crippen molar-refractivity contribution >= 4 is 0 Å². The normalized spacial score (nSPS) is 11.6. The molecule has 0 aliphatic heterocycles. The van der Waals surface area contributed by atoms with Gasteiger partial charge in [-0.3, -0.25) is 0 Å². The van der Waals surface area contributed by atoms with Crippen LogP contribution in [-0.2, 0) is 6.42 Å². The van der Waals surface area contributed by atoms with E-state index < -0.39 is 0 Å². The van der Waals surface area contributed by atoms with Crippen molar-refractivity contribution in [2.75, 3.05) is 7.11 Å². The lowest BCUT2D eigenvalue weighted by molar-refractivity contribution is 0.405. The number of rotatable bonds is 5. The van der Waals surface area contributed by atoms with E-state index in [4.69, 9.17) is 10.5 Å². The molecule has 0 aliphatic carbocycles. The van der Waals surface area contributed by atoms with Gasteiger partial charge in [0.1, 0.15) is 5.75 Å². The fourth-order valence-corrected chi connectivity index (χ4v) is 1.84. The van der Waals surface area contributed by atoms with Crippen molar-refractivity contribution in [2.45, 2.75) is 45.6 Å². The van der Waals surface area contributed by atoms with Gasteiger partial charge in [-0.1, -0.05) is 17.7 Å². The Morgan fingerprint density at radius 1 is 1.31 bits per heavy atom. The zero-order valence-corrected chi connectivity index (χ0v) is 10.8. The largest absolute Gasteiger partial charge is 0.496 e. The van der Waals surface area contributed by atoms with Crippen LogP contribution in [0.2, 0.25) is 0 Å². The molecule has 90 valence electrons. The Kier molecular flexibility index (Phi) is 4.36. The van der Waals surface area contributed by atoms with Gasteiger partial charge in [-0.25, -0.2) is 0 Å². The molecule has 0 saturated carbocycles. The minimum atomic E-state index is -0.0724. The average molecular weight is 221 g/mol. The summed E-state index contributed by atoms with van der Waals surface area (Å²) in [5.74, 6) is 0.987. The van der Waals surface area contributed by atoms with Gasteiger partial charge in [-0.05, 0) is 51.7 Å². The van der Waals surface area contributed by atoms with Crippen LogP contribution in [0.5, 0.6) is 5.75 Å². The third-order valence-corrected chi connectivity index (χ3v) is 2.70. The quantitative estimate of drug-likeness (QED) is 0.829. The summed E-state index contributed by atoms with van der Waals surface area (Å²) in [4.78, 5) is 0. The molecule has 0 atom stereocenters. The zero-order chi connectivity index (χ0) is 12.2. The monoisotopic (exact) mass is 221 g/mol. The average Bonchev–Trinajstić information content (AvgIpc) is 2.16. The smallest absolute Gasteiger partial charge is 0.122 e. The topological polar surface area (TPSA) is 35.2 Å². The van der Waals surface area contributed by atoms with Crippen LogP contribution in [0, 0.1) is 6.92 Å². The molecule has 1 aromatic rings.